The van der Waals surface area contributed by atoms with E-state index in [1.54, 1.807) is 28.4 Å². The van der Waals surface area contributed by atoms with Crippen molar-refractivity contribution in [2.75, 3.05) is 28.4 Å². The Morgan fingerprint density at radius 1 is 0.323 bits per heavy atom. The van der Waals surface area contributed by atoms with Crippen molar-refractivity contribution in [1.82, 2.24) is 0 Å². The zero-order chi connectivity index (χ0) is 44.3. The van der Waals surface area contributed by atoms with Gasteiger partial charge in [0.2, 0.25) is 0 Å². The number of aryl methyl sites for hydroxylation is 8. The molecule has 10 nitrogen and oxygen atoms in total. The van der Waals surface area contributed by atoms with E-state index in [9.17, 15) is 0 Å². The number of hydrogen-bond acceptors (Lipinski definition) is 10. The molecule has 0 radical (unpaired) electrons. The minimum Gasteiger partial charge on any atom is -0.497 e. The number of fused-ring (bicyclic) bond motifs is 6. The number of rotatable bonds is 9. The summed E-state index contributed by atoms with van der Waals surface area (Å²) in [4.78, 5) is 0. The summed E-state index contributed by atoms with van der Waals surface area (Å²) in [5.74, 6) is 4.05. The number of methoxy groups -OCH3 is 4. The summed E-state index contributed by atoms with van der Waals surface area (Å²) in [6.07, 6.45) is 0. The summed E-state index contributed by atoms with van der Waals surface area (Å²) < 4.78 is 64.3. The average molecular weight is 875 g/mol. The maximum Gasteiger partial charge on any atom is 0.453 e. The van der Waals surface area contributed by atoms with Crippen molar-refractivity contribution < 1.29 is 44.8 Å². The maximum absolute atomic E-state index is 7.11. The molecule has 0 saturated carbocycles. The normalized spacial score (nSPS) is 11.4. The van der Waals surface area contributed by atoms with Gasteiger partial charge in [0.1, 0.15) is 56.8 Å². The van der Waals surface area contributed by atoms with Gasteiger partial charge in [0.15, 0.2) is 0 Å². The van der Waals surface area contributed by atoms with E-state index in [1.807, 2.05) is 76.2 Å². The highest BCUT2D eigenvalue weighted by molar-refractivity contribution is 7.32. The molecular formula is C50H52O10P2. The standard InChI is InChI=1S/C50H52O10P2/c1-25-15-27(3)49(59-61-55-45-29(5)17-35(51-11)21-39(45)40-22-36(52-12)18-30(6)46(40)56-61)43(33(25)9)44-34(10)26(2)16-28(4)50(44)60-62-57-47-31(7)19-37(53-13)23-41(47)42-24-38(54-14)20-32(8)48(42)58-62/h15-24H,1-14H3. The van der Waals surface area contributed by atoms with Crippen LogP contribution < -0.4 is 28.0 Å². The Bertz CT molecular complexity index is 2840. The molecule has 0 aliphatic carbocycles. The third kappa shape index (κ3) is 7.50. The fraction of sp³-hybridized carbons (Fsp3) is 0.280. The van der Waals surface area contributed by atoms with E-state index >= 15 is 0 Å². The quantitative estimate of drug-likeness (QED) is 0.139. The van der Waals surface area contributed by atoms with Crippen LogP contribution in [-0.4, -0.2) is 28.4 Å². The Labute approximate surface area is 363 Å². The lowest BCUT2D eigenvalue weighted by atomic mass is 9.87. The van der Waals surface area contributed by atoms with E-state index in [0.29, 0.717) is 56.8 Å². The molecule has 0 N–H and O–H groups in total. The van der Waals surface area contributed by atoms with Crippen LogP contribution in [0, 0.1) is 69.2 Å². The molecule has 6 aromatic carbocycles. The number of ether oxygens (including phenoxy) is 4. The first-order chi connectivity index (χ1) is 29.6. The Morgan fingerprint density at radius 3 is 0.823 bits per heavy atom. The summed E-state index contributed by atoms with van der Waals surface area (Å²) >= 11 is 0. The molecule has 0 amide bonds. The van der Waals surface area contributed by atoms with E-state index in [1.165, 1.54) is 0 Å². The molecule has 0 atom stereocenters. The van der Waals surface area contributed by atoms with E-state index < -0.39 is 16.5 Å². The van der Waals surface area contributed by atoms with Crippen molar-refractivity contribution in [3.05, 3.63) is 116 Å². The van der Waals surface area contributed by atoms with Crippen molar-refractivity contribution in [3.8, 4) is 45.6 Å². The second kappa shape index (κ2) is 16.7. The molecule has 0 fully saturated rings. The van der Waals surface area contributed by atoms with Gasteiger partial charge in [-0.2, -0.15) is 0 Å². The lowest BCUT2D eigenvalue weighted by molar-refractivity contribution is 0.414. The first-order valence-electron chi connectivity index (χ1n) is 20.3. The minimum absolute atomic E-state index is 0.622. The first kappa shape index (κ1) is 42.6. The molecule has 0 aliphatic rings. The number of hydrogen-bond donors (Lipinski definition) is 0. The first-order valence-corrected chi connectivity index (χ1v) is 22.5. The SMILES string of the molecule is COc1cc(C)c2op(Oc3c(C)cc(C)c(C)c3-c3c(C)c(C)cc(C)c3Op3oc4c(C)cc(OC)cc4c4cc(OC)cc(C)c4o3)oc3c(C)cc(OC)cc3c2c1. The van der Waals surface area contributed by atoms with Gasteiger partial charge in [-0.3, -0.25) is 0 Å². The Hall–Kier alpha value is -6.08. The predicted octanol–water partition coefficient (Wildman–Crippen LogP) is 15.4. The second-order valence-electron chi connectivity index (χ2n) is 16.0. The summed E-state index contributed by atoms with van der Waals surface area (Å²) in [6.45, 7) is 20.5. The maximum atomic E-state index is 7.11. The van der Waals surface area contributed by atoms with Crippen molar-refractivity contribution in [2.45, 2.75) is 69.2 Å². The highest BCUT2D eigenvalue weighted by Crippen LogP contribution is 2.52. The van der Waals surface area contributed by atoms with Crippen LogP contribution in [0.2, 0.25) is 0 Å². The van der Waals surface area contributed by atoms with Crippen LogP contribution >= 0.6 is 16.5 Å². The van der Waals surface area contributed by atoms with Crippen LogP contribution in [0.25, 0.3) is 55.0 Å². The zero-order valence-electron chi connectivity index (χ0n) is 37.8. The fourth-order valence-electron chi connectivity index (χ4n) is 8.24. The molecule has 0 bridgehead atoms. The largest absolute Gasteiger partial charge is 0.497 e. The average Bonchev–Trinajstić information content (AvgIpc) is 3.51. The molecule has 0 aliphatic heterocycles. The van der Waals surface area contributed by atoms with Gasteiger partial charge in [0.05, 0.1) is 28.4 Å². The molecule has 0 spiro atoms. The zero-order valence-corrected chi connectivity index (χ0v) is 39.5. The van der Waals surface area contributed by atoms with Gasteiger partial charge in [0.25, 0.3) is 0 Å². The number of benzene rings is 6. The second-order valence-corrected chi connectivity index (χ2v) is 17.9. The third-order valence-corrected chi connectivity index (χ3v) is 13.7. The molecule has 0 saturated heterocycles. The summed E-state index contributed by atoms with van der Waals surface area (Å²) in [7, 11) is 2.49. The van der Waals surface area contributed by atoms with Crippen LogP contribution in [0.15, 0.2) is 77.5 Å². The van der Waals surface area contributed by atoms with Crippen LogP contribution in [0.4, 0.5) is 0 Å². The summed E-state index contributed by atoms with van der Waals surface area (Å²) in [6, 6.07) is 19.9. The molecule has 2 heterocycles. The van der Waals surface area contributed by atoms with E-state index in [0.717, 1.165) is 88.3 Å². The van der Waals surface area contributed by atoms with Crippen molar-refractivity contribution in [3.63, 3.8) is 0 Å². The predicted molar refractivity (Wildman–Crippen MR) is 250 cm³/mol. The van der Waals surface area contributed by atoms with Gasteiger partial charge >= 0.3 is 16.5 Å². The molecule has 2 aromatic heterocycles. The molecular weight excluding hydrogens is 822 g/mol. The van der Waals surface area contributed by atoms with Gasteiger partial charge in [-0.1, -0.05) is 12.1 Å². The Morgan fingerprint density at radius 2 is 0.581 bits per heavy atom. The third-order valence-electron chi connectivity index (χ3n) is 11.7. The van der Waals surface area contributed by atoms with E-state index in [4.69, 9.17) is 44.8 Å². The molecule has 8 rings (SSSR count). The summed E-state index contributed by atoms with van der Waals surface area (Å²) in [5.41, 5.74) is 13.9. The molecule has 62 heavy (non-hydrogen) atoms. The molecule has 12 heteroatoms. The Kier molecular flexibility index (Phi) is 11.4. The summed E-state index contributed by atoms with van der Waals surface area (Å²) in [5, 5.41) is 3.28. The van der Waals surface area contributed by atoms with Crippen molar-refractivity contribution in [1.29, 1.82) is 0 Å². The van der Waals surface area contributed by atoms with Crippen LogP contribution in [0.3, 0.4) is 0 Å². The lowest BCUT2D eigenvalue weighted by Crippen LogP contribution is -2.01. The smallest absolute Gasteiger partial charge is 0.453 e. The van der Waals surface area contributed by atoms with Gasteiger partial charge < -0.3 is 44.8 Å². The van der Waals surface area contributed by atoms with Crippen molar-refractivity contribution in [2.24, 2.45) is 0 Å². The molecule has 8 aromatic rings. The van der Waals surface area contributed by atoms with E-state index in [2.05, 4.69) is 53.7 Å². The highest BCUT2D eigenvalue weighted by Gasteiger charge is 2.27. The van der Waals surface area contributed by atoms with Crippen LogP contribution in [0.1, 0.15) is 55.6 Å². The van der Waals surface area contributed by atoms with Gasteiger partial charge in [-0.15, -0.1) is 0 Å². The fourth-order valence-corrected chi connectivity index (χ4v) is 10.8. The Balaban J connectivity index is 1.40. The van der Waals surface area contributed by atoms with Crippen molar-refractivity contribution >= 4 is 60.4 Å². The molecule has 0 unspecified atom stereocenters. The van der Waals surface area contributed by atoms with Gasteiger partial charge in [-0.05, 0) is 173 Å². The molecule has 322 valence electrons. The van der Waals surface area contributed by atoms with Crippen LogP contribution in [-0.2, 0) is 0 Å². The van der Waals surface area contributed by atoms with Crippen LogP contribution in [0.5, 0.6) is 34.5 Å². The lowest BCUT2D eigenvalue weighted by Gasteiger charge is -2.22. The monoisotopic (exact) mass is 874 g/mol. The van der Waals surface area contributed by atoms with E-state index in [-0.39, 0.29) is 0 Å². The highest BCUT2D eigenvalue weighted by atomic mass is 31.1. The topological polar surface area (TPSA) is 108 Å². The van der Waals surface area contributed by atoms with Gasteiger partial charge in [0, 0.05) is 32.7 Å². The minimum atomic E-state index is -2.07. The van der Waals surface area contributed by atoms with Gasteiger partial charge in [-0.25, -0.2) is 0 Å².